The first-order valence-corrected chi connectivity index (χ1v) is 8.92. The Kier molecular flexibility index (Phi) is 7.16. The number of hydrazone groups is 1. The second-order valence-electron chi connectivity index (χ2n) is 5.01. The first-order valence-electron chi connectivity index (χ1n) is 7.33. The van der Waals surface area contributed by atoms with Crippen LogP contribution in [-0.2, 0) is 4.79 Å². The molecule has 2 amide bonds. The van der Waals surface area contributed by atoms with E-state index in [0.29, 0.717) is 20.1 Å². The smallest absolute Gasteiger partial charge is 0.259 e. The molecule has 2 aromatic rings. The maximum absolute atomic E-state index is 12.0. The summed E-state index contributed by atoms with van der Waals surface area (Å²) < 4.78 is 6.11. The number of rotatable bonds is 6. The molecule has 0 bridgehead atoms. The highest BCUT2D eigenvalue weighted by Crippen LogP contribution is 2.34. The summed E-state index contributed by atoms with van der Waals surface area (Å²) in [5, 5.41) is 16.1. The highest BCUT2D eigenvalue weighted by atomic mass is 79.9. The Labute approximate surface area is 166 Å². The molecule has 0 aliphatic heterocycles. The van der Waals surface area contributed by atoms with Gasteiger partial charge in [-0.2, -0.15) is 5.10 Å². The lowest BCUT2D eigenvalue weighted by Crippen LogP contribution is -2.35. The molecule has 0 heterocycles. The van der Waals surface area contributed by atoms with Crippen LogP contribution in [0.5, 0.6) is 11.5 Å². The van der Waals surface area contributed by atoms with Gasteiger partial charge in [-0.15, -0.1) is 0 Å². The third-order valence-electron chi connectivity index (χ3n) is 3.20. The molecule has 0 atom stereocenters. The van der Waals surface area contributed by atoms with Crippen molar-refractivity contribution in [3.63, 3.8) is 0 Å². The first kappa shape index (κ1) is 19.9. The van der Waals surface area contributed by atoms with Gasteiger partial charge in [-0.1, -0.05) is 12.1 Å². The molecule has 0 aliphatic carbocycles. The van der Waals surface area contributed by atoms with Gasteiger partial charge in [-0.05, 0) is 61.7 Å². The molecular formula is C17H15Br2N3O4. The minimum absolute atomic E-state index is 0.0246. The molecule has 0 aromatic heterocycles. The maximum Gasteiger partial charge on any atom is 0.259 e. The van der Waals surface area contributed by atoms with E-state index >= 15 is 0 Å². The van der Waals surface area contributed by atoms with Crippen LogP contribution in [0.25, 0.3) is 0 Å². The topological polar surface area (TPSA) is 100 Å². The number of benzene rings is 2. The van der Waals surface area contributed by atoms with Crippen LogP contribution in [0.4, 0.5) is 0 Å². The summed E-state index contributed by atoms with van der Waals surface area (Å²) >= 11 is 6.47. The van der Waals surface area contributed by atoms with Gasteiger partial charge >= 0.3 is 0 Å². The van der Waals surface area contributed by atoms with E-state index in [1.165, 1.54) is 13.3 Å². The molecule has 9 heteroatoms. The number of nitrogens with one attached hydrogen (secondary N) is 2. The normalized spacial score (nSPS) is 10.6. The minimum atomic E-state index is -0.480. The highest BCUT2D eigenvalue weighted by Gasteiger charge is 2.10. The van der Waals surface area contributed by atoms with Crippen LogP contribution < -0.4 is 15.5 Å². The summed E-state index contributed by atoms with van der Waals surface area (Å²) in [6, 6.07) is 10.1. The molecule has 0 aliphatic rings. The first-order chi connectivity index (χ1) is 12.4. The van der Waals surface area contributed by atoms with Crippen molar-refractivity contribution in [3.8, 4) is 11.5 Å². The Hall–Kier alpha value is -2.39. The number of hydrogen-bond acceptors (Lipinski definition) is 5. The summed E-state index contributed by atoms with van der Waals surface area (Å²) in [6.07, 6.45) is 1.39. The van der Waals surface area contributed by atoms with Crippen LogP contribution >= 0.6 is 31.9 Å². The lowest BCUT2D eigenvalue weighted by Gasteiger charge is -2.07. The van der Waals surface area contributed by atoms with Crippen molar-refractivity contribution in [2.75, 3.05) is 13.7 Å². The Morgan fingerprint density at radius 1 is 1.23 bits per heavy atom. The average Bonchev–Trinajstić information content (AvgIpc) is 2.62. The number of carbonyl (C=O) groups excluding carboxylic acids is 2. The largest absolute Gasteiger partial charge is 0.503 e. The van der Waals surface area contributed by atoms with E-state index in [4.69, 9.17) is 4.74 Å². The molecule has 136 valence electrons. The van der Waals surface area contributed by atoms with Gasteiger partial charge in [0.2, 0.25) is 0 Å². The summed E-state index contributed by atoms with van der Waals surface area (Å²) in [4.78, 5) is 23.8. The van der Waals surface area contributed by atoms with Crippen LogP contribution in [0.1, 0.15) is 15.9 Å². The number of phenols is 1. The van der Waals surface area contributed by atoms with Crippen molar-refractivity contribution in [1.82, 2.24) is 10.7 Å². The van der Waals surface area contributed by atoms with Crippen molar-refractivity contribution < 1.29 is 19.4 Å². The van der Waals surface area contributed by atoms with Crippen LogP contribution in [0, 0.1) is 0 Å². The molecule has 26 heavy (non-hydrogen) atoms. The van der Waals surface area contributed by atoms with E-state index in [-0.39, 0.29) is 24.0 Å². The Morgan fingerprint density at radius 3 is 2.65 bits per heavy atom. The molecular weight excluding hydrogens is 470 g/mol. The van der Waals surface area contributed by atoms with Gasteiger partial charge in [0, 0.05) is 4.47 Å². The molecule has 2 aromatic carbocycles. The molecule has 0 saturated carbocycles. The Balaban J connectivity index is 1.89. The number of hydrogen-bond donors (Lipinski definition) is 3. The minimum Gasteiger partial charge on any atom is -0.503 e. The van der Waals surface area contributed by atoms with E-state index in [1.807, 2.05) is 0 Å². The summed E-state index contributed by atoms with van der Waals surface area (Å²) in [6.45, 7) is -0.222. The zero-order chi connectivity index (χ0) is 19.1. The molecule has 0 unspecified atom stereocenters. The number of phenolic OH excluding ortho intramolecular Hbond substituents is 1. The molecule has 3 N–H and O–H groups in total. The number of amides is 2. The van der Waals surface area contributed by atoms with E-state index < -0.39 is 5.91 Å². The number of nitrogens with zero attached hydrogens (tertiary/aromatic N) is 1. The van der Waals surface area contributed by atoms with Crippen LogP contribution in [0.15, 0.2) is 50.4 Å². The van der Waals surface area contributed by atoms with E-state index in [0.717, 1.165) is 0 Å². The fourth-order valence-corrected chi connectivity index (χ4v) is 2.87. The molecule has 0 spiro atoms. The Bertz CT molecular complexity index is 856. The molecule has 0 radical (unpaired) electrons. The standard InChI is InChI=1S/C17H15Br2N3O4/c1-26-14-7-10(6-13(19)16(14)24)8-21-22-15(23)9-20-17(25)11-4-2-3-5-12(11)18/h2-8,24H,9H2,1H3,(H,20,25)(H,22,23). The fourth-order valence-electron chi connectivity index (χ4n) is 1.94. The Morgan fingerprint density at radius 2 is 1.96 bits per heavy atom. The van der Waals surface area contributed by atoms with Gasteiger partial charge < -0.3 is 15.2 Å². The molecule has 0 saturated heterocycles. The number of methoxy groups -OCH3 is 1. The average molecular weight is 485 g/mol. The van der Waals surface area contributed by atoms with Gasteiger partial charge in [0.1, 0.15) is 0 Å². The van der Waals surface area contributed by atoms with Crippen molar-refractivity contribution in [2.24, 2.45) is 5.10 Å². The summed E-state index contributed by atoms with van der Waals surface area (Å²) in [5.74, 6) is -0.605. The second kappa shape index (κ2) is 9.35. The summed E-state index contributed by atoms with van der Waals surface area (Å²) in [7, 11) is 1.43. The van der Waals surface area contributed by atoms with E-state index in [9.17, 15) is 14.7 Å². The zero-order valence-electron chi connectivity index (χ0n) is 13.6. The fraction of sp³-hybridized carbons (Fsp3) is 0.118. The highest BCUT2D eigenvalue weighted by molar-refractivity contribution is 9.10. The van der Waals surface area contributed by atoms with E-state index in [2.05, 4.69) is 47.7 Å². The quantitative estimate of drug-likeness (QED) is 0.433. The number of ether oxygens (including phenoxy) is 1. The predicted octanol–water partition coefficient (Wildman–Crippen LogP) is 2.81. The van der Waals surface area contributed by atoms with Crippen molar-refractivity contribution >= 4 is 49.9 Å². The van der Waals surface area contributed by atoms with Crippen molar-refractivity contribution in [3.05, 3.63) is 56.5 Å². The lowest BCUT2D eigenvalue weighted by molar-refractivity contribution is -0.120. The van der Waals surface area contributed by atoms with E-state index in [1.54, 1.807) is 36.4 Å². The maximum atomic E-state index is 12.0. The monoisotopic (exact) mass is 483 g/mol. The third-order valence-corrected chi connectivity index (χ3v) is 4.50. The summed E-state index contributed by atoms with van der Waals surface area (Å²) in [5.41, 5.74) is 3.35. The second-order valence-corrected chi connectivity index (χ2v) is 6.72. The van der Waals surface area contributed by atoms with Crippen LogP contribution in [0.2, 0.25) is 0 Å². The van der Waals surface area contributed by atoms with Crippen LogP contribution in [-0.4, -0.2) is 36.8 Å². The van der Waals surface area contributed by atoms with Crippen LogP contribution in [0.3, 0.4) is 0 Å². The predicted molar refractivity (Wildman–Crippen MR) is 105 cm³/mol. The van der Waals surface area contributed by atoms with Gasteiger partial charge in [0.05, 0.1) is 29.9 Å². The van der Waals surface area contributed by atoms with Gasteiger partial charge in [-0.3, -0.25) is 9.59 Å². The lowest BCUT2D eigenvalue weighted by atomic mass is 10.2. The molecule has 0 fully saturated rings. The zero-order valence-corrected chi connectivity index (χ0v) is 16.8. The third kappa shape index (κ3) is 5.30. The number of carbonyl (C=O) groups is 2. The van der Waals surface area contributed by atoms with Gasteiger partial charge in [0.25, 0.3) is 11.8 Å². The van der Waals surface area contributed by atoms with Gasteiger partial charge in [-0.25, -0.2) is 5.43 Å². The SMILES string of the molecule is COc1cc(C=NNC(=O)CNC(=O)c2ccccc2Br)cc(Br)c1O. The molecule has 7 nitrogen and oxygen atoms in total. The number of aromatic hydroxyl groups is 1. The van der Waals surface area contributed by atoms with Crippen molar-refractivity contribution in [2.45, 2.75) is 0 Å². The van der Waals surface area contributed by atoms with Crippen molar-refractivity contribution in [1.29, 1.82) is 0 Å². The molecule has 2 rings (SSSR count). The van der Waals surface area contributed by atoms with Gasteiger partial charge in [0.15, 0.2) is 11.5 Å². The number of halogens is 2.